The Hall–Kier alpha value is -1.44. The highest BCUT2D eigenvalue weighted by Gasteiger charge is 2.50. The van der Waals surface area contributed by atoms with E-state index < -0.39 is 12.4 Å². The minimum Gasteiger partial charge on any atom is -0.390 e. The van der Waals surface area contributed by atoms with Crippen LogP contribution >= 0.6 is 11.8 Å². The van der Waals surface area contributed by atoms with E-state index in [1.54, 1.807) is 23.9 Å². The van der Waals surface area contributed by atoms with Gasteiger partial charge in [0.25, 0.3) is 0 Å². The van der Waals surface area contributed by atoms with Crippen molar-refractivity contribution in [3.63, 3.8) is 0 Å². The number of aliphatic hydroxyl groups is 1. The lowest BCUT2D eigenvalue weighted by atomic mass is 9.99. The molecule has 2 aliphatic rings. The molecule has 2 bridgehead atoms. The summed E-state index contributed by atoms with van der Waals surface area (Å²) in [5.74, 6) is -0.254. The molecule has 0 spiro atoms. The molecule has 5 atom stereocenters. The first-order chi connectivity index (χ1) is 12.2. The number of hydrogen-bond donors (Lipinski definition) is 2. The first-order valence-electron chi connectivity index (χ1n) is 8.35. The molecule has 0 radical (unpaired) electrons. The fraction of sp³-hybridized carbons (Fsp3) is 0.368. The molecule has 2 aromatic rings. The molecular formula is C19H20FNO3S. The summed E-state index contributed by atoms with van der Waals surface area (Å²) in [4.78, 5) is 1.07. The average Bonchev–Trinajstić information content (AvgIpc) is 3.07. The van der Waals surface area contributed by atoms with Crippen molar-refractivity contribution in [2.24, 2.45) is 0 Å². The minimum absolute atomic E-state index is 0.173. The van der Waals surface area contributed by atoms with E-state index in [1.807, 2.05) is 30.3 Å². The lowest BCUT2D eigenvalue weighted by Crippen LogP contribution is -2.58. The molecule has 2 N–H and O–H groups in total. The maximum atomic E-state index is 13.0. The van der Waals surface area contributed by atoms with Crippen LogP contribution in [0.5, 0.6) is 0 Å². The Bertz CT molecular complexity index is 700. The summed E-state index contributed by atoms with van der Waals surface area (Å²) in [6, 6.07) is 16.1. The van der Waals surface area contributed by atoms with Gasteiger partial charge in [0.1, 0.15) is 11.9 Å². The van der Waals surface area contributed by atoms with Crippen molar-refractivity contribution in [3.05, 3.63) is 66.0 Å². The van der Waals surface area contributed by atoms with Crippen molar-refractivity contribution in [3.8, 4) is 0 Å². The maximum absolute atomic E-state index is 13.0. The molecule has 2 saturated heterocycles. The number of halogens is 1. The van der Waals surface area contributed by atoms with Crippen LogP contribution in [0.4, 0.5) is 4.39 Å². The van der Waals surface area contributed by atoms with E-state index >= 15 is 0 Å². The van der Waals surface area contributed by atoms with Gasteiger partial charge in [-0.05, 0) is 29.8 Å². The summed E-state index contributed by atoms with van der Waals surface area (Å²) in [6.07, 6.45) is -1.17. The molecule has 4 nitrogen and oxygen atoms in total. The predicted molar refractivity (Wildman–Crippen MR) is 93.7 cm³/mol. The molecule has 25 heavy (non-hydrogen) atoms. The fourth-order valence-corrected chi connectivity index (χ4v) is 4.45. The Morgan fingerprint density at radius 3 is 2.64 bits per heavy atom. The van der Waals surface area contributed by atoms with Gasteiger partial charge in [-0.15, -0.1) is 11.8 Å². The van der Waals surface area contributed by atoms with Crippen LogP contribution in [-0.2, 0) is 16.0 Å². The number of nitrogens with one attached hydrogen (secondary N) is 1. The molecule has 0 aromatic heterocycles. The van der Waals surface area contributed by atoms with Crippen molar-refractivity contribution in [1.82, 2.24) is 5.32 Å². The molecule has 2 aromatic carbocycles. The van der Waals surface area contributed by atoms with E-state index in [0.29, 0.717) is 13.2 Å². The zero-order chi connectivity index (χ0) is 17.2. The van der Waals surface area contributed by atoms with Crippen LogP contribution in [0.3, 0.4) is 0 Å². The van der Waals surface area contributed by atoms with Gasteiger partial charge in [-0.3, -0.25) is 0 Å². The van der Waals surface area contributed by atoms with Gasteiger partial charge in [0.05, 0.1) is 24.0 Å². The molecule has 0 saturated carbocycles. The number of hydrogen-bond acceptors (Lipinski definition) is 5. The molecule has 5 unspecified atom stereocenters. The van der Waals surface area contributed by atoms with Crippen LogP contribution in [0.2, 0.25) is 0 Å². The second-order valence-electron chi connectivity index (χ2n) is 6.30. The number of benzene rings is 2. The molecule has 4 rings (SSSR count). The van der Waals surface area contributed by atoms with Crippen LogP contribution in [-0.4, -0.2) is 41.5 Å². The molecule has 132 valence electrons. The largest absolute Gasteiger partial charge is 0.390 e. The Balaban J connectivity index is 1.45. The normalized spacial score (nSPS) is 31.2. The van der Waals surface area contributed by atoms with Crippen molar-refractivity contribution in [2.45, 2.75) is 41.2 Å². The first kappa shape index (κ1) is 17.0. The topological polar surface area (TPSA) is 50.7 Å². The predicted octanol–water partition coefficient (Wildman–Crippen LogP) is 2.56. The van der Waals surface area contributed by atoms with Gasteiger partial charge in [0.15, 0.2) is 6.29 Å². The fourth-order valence-electron chi connectivity index (χ4n) is 3.26. The van der Waals surface area contributed by atoms with Gasteiger partial charge in [-0.25, -0.2) is 4.39 Å². The Morgan fingerprint density at radius 2 is 1.88 bits per heavy atom. The molecule has 0 amide bonds. The van der Waals surface area contributed by atoms with Crippen LogP contribution < -0.4 is 5.32 Å². The summed E-state index contributed by atoms with van der Waals surface area (Å²) in [6.45, 7) is 1.00. The molecule has 2 fully saturated rings. The number of thioether (sulfide) groups is 1. The number of rotatable bonds is 5. The second-order valence-corrected chi connectivity index (χ2v) is 7.55. The van der Waals surface area contributed by atoms with Crippen LogP contribution in [0.1, 0.15) is 5.56 Å². The van der Waals surface area contributed by atoms with E-state index in [9.17, 15) is 9.50 Å². The number of ether oxygens (including phenoxy) is 2. The summed E-state index contributed by atoms with van der Waals surface area (Å²) < 4.78 is 24.7. The molecule has 2 aliphatic heterocycles. The van der Waals surface area contributed by atoms with E-state index in [4.69, 9.17) is 9.47 Å². The monoisotopic (exact) mass is 361 g/mol. The smallest absolute Gasteiger partial charge is 0.172 e. The van der Waals surface area contributed by atoms with E-state index in [2.05, 4.69) is 5.32 Å². The number of aliphatic hydroxyl groups excluding tert-OH is 1. The molecule has 2 heterocycles. The number of fused-ring (bicyclic) bond motifs is 2. The summed E-state index contributed by atoms with van der Waals surface area (Å²) in [5.41, 5.74) is 0.960. The van der Waals surface area contributed by atoms with E-state index in [-0.39, 0.29) is 23.2 Å². The lowest BCUT2D eigenvalue weighted by molar-refractivity contribution is -0.123. The van der Waals surface area contributed by atoms with Gasteiger partial charge in [0, 0.05) is 11.4 Å². The van der Waals surface area contributed by atoms with Crippen molar-refractivity contribution < 1.29 is 19.0 Å². The summed E-state index contributed by atoms with van der Waals surface area (Å²) in [5, 5.41) is 14.0. The highest BCUT2D eigenvalue weighted by Crippen LogP contribution is 2.38. The van der Waals surface area contributed by atoms with Crippen molar-refractivity contribution >= 4 is 11.8 Å². The summed E-state index contributed by atoms with van der Waals surface area (Å²) >= 11 is 1.57. The standard InChI is InChI=1S/C19H20FNO3S/c20-13-8-6-12(7-9-13)10-21-16-15-11-23-19(24-15)18(17(16)22)25-14-4-2-1-3-5-14/h1-9,15-19,21-22H,10-11H2. The quantitative estimate of drug-likeness (QED) is 0.857. The zero-order valence-electron chi connectivity index (χ0n) is 13.5. The molecule has 0 aliphatic carbocycles. The minimum atomic E-state index is -0.600. The van der Waals surface area contributed by atoms with Gasteiger partial charge < -0.3 is 19.9 Å². The van der Waals surface area contributed by atoms with E-state index in [1.165, 1.54) is 12.1 Å². The van der Waals surface area contributed by atoms with E-state index in [0.717, 1.165) is 10.5 Å². The second kappa shape index (κ2) is 7.43. The zero-order valence-corrected chi connectivity index (χ0v) is 14.4. The van der Waals surface area contributed by atoms with Gasteiger partial charge in [-0.2, -0.15) is 0 Å². The highest BCUT2D eigenvalue weighted by atomic mass is 32.2. The van der Waals surface area contributed by atoms with Crippen LogP contribution in [0.15, 0.2) is 59.5 Å². The Labute approximate surface area is 150 Å². The van der Waals surface area contributed by atoms with Crippen molar-refractivity contribution in [1.29, 1.82) is 0 Å². The van der Waals surface area contributed by atoms with Crippen LogP contribution in [0, 0.1) is 5.82 Å². The third kappa shape index (κ3) is 3.73. The maximum Gasteiger partial charge on any atom is 0.172 e. The highest BCUT2D eigenvalue weighted by molar-refractivity contribution is 8.00. The van der Waals surface area contributed by atoms with Gasteiger partial charge in [-0.1, -0.05) is 30.3 Å². The molecular weight excluding hydrogens is 341 g/mol. The van der Waals surface area contributed by atoms with Gasteiger partial charge >= 0.3 is 0 Å². The SMILES string of the molecule is OC1C(NCc2ccc(F)cc2)C2COC(O2)C1Sc1ccccc1. The third-order valence-electron chi connectivity index (χ3n) is 4.58. The summed E-state index contributed by atoms with van der Waals surface area (Å²) in [7, 11) is 0. The van der Waals surface area contributed by atoms with Crippen LogP contribution in [0.25, 0.3) is 0 Å². The van der Waals surface area contributed by atoms with Gasteiger partial charge in [0.2, 0.25) is 0 Å². The Kier molecular flexibility index (Phi) is 5.05. The first-order valence-corrected chi connectivity index (χ1v) is 9.23. The molecule has 6 heteroatoms. The third-order valence-corrected chi connectivity index (χ3v) is 5.90. The van der Waals surface area contributed by atoms with Crippen molar-refractivity contribution in [2.75, 3.05) is 6.61 Å². The Morgan fingerprint density at radius 1 is 1.12 bits per heavy atom. The average molecular weight is 361 g/mol. The lowest BCUT2D eigenvalue weighted by Gasteiger charge is -2.38.